The van der Waals surface area contributed by atoms with E-state index in [1.165, 1.54) is 12.1 Å². The van der Waals surface area contributed by atoms with Crippen molar-refractivity contribution in [2.45, 2.75) is 38.1 Å². The van der Waals surface area contributed by atoms with Crippen LogP contribution < -0.4 is 10.7 Å². The van der Waals surface area contributed by atoms with Gasteiger partial charge in [-0.3, -0.25) is 10.3 Å². The molecule has 0 radical (unpaired) electrons. The van der Waals surface area contributed by atoms with Crippen LogP contribution in [-0.4, -0.2) is 30.2 Å². The number of hydrogen-bond acceptors (Lipinski definition) is 4. The Morgan fingerprint density at radius 3 is 2.95 bits per heavy atom. The molecule has 3 rings (SSSR count). The lowest BCUT2D eigenvalue weighted by atomic mass is 9.89. The first-order chi connectivity index (χ1) is 10.5. The van der Waals surface area contributed by atoms with Gasteiger partial charge in [-0.15, -0.1) is 0 Å². The summed E-state index contributed by atoms with van der Waals surface area (Å²) in [5.74, 6) is 0.740. The molecule has 2 aliphatic heterocycles. The Bertz CT molecular complexity index is 570. The number of piperidine rings is 1. The number of hydrogen-bond donors (Lipinski definition) is 2. The molecule has 1 fully saturated rings. The van der Waals surface area contributed by atoms with Gasteiger partial charge in [0.1, 0.15) is 5.84 Å². The number of hydrazine groups is 1. The highest BCUT2D eigenvalue weighted by molar-refractivity contribution is 5.90. The number of halogens is 3. The van der Waals surface area contributed by atoms with Crippen molar-refractivity contribution in [3.63, 3.8) is 0 Å². The maximum atomic E-state index is 12.9. The van der Waals surface area contributed by atoms with Crippen LogP contribution in [0.1, 0.15) is 36.8 Å². The van der Waals surface area contributed by atoms with Gasteiger partial charge in [0.25, 0.3) is 0 Å². The van der Waals surface area contributed by atoms with E-state index >= 15 is 0 Å². The zero-order valence-corrected chi connectivity index (χ0v) is 12.3. The van der Waals surface area contributed by atoms with Crippen molar-refractivity contribution in [1.82, 2.24) is 15.8 Å². The van der Waals surface area contributed by atoms with Gasteiger partial charge in [-0.1, -0.05) is 25.1 Å². The van der Waals surface area contributed by atoms with Crippen LogP contribution in [-0.2, 0) is 6.18 Å². The van der Waals surface area contributed by atoms with E-state index in [0.29, 0.717) is 5.56 Å². The Labute approximate surface area is 127 Å². The normalized spacial score (nSPS) is 25.1. The molecule has 4 nitrogen and oxygen atoms in total. The van der Waals surface area contributed by atoms with Crippen molar-refractivity contribution in [2.75, 3.05) is 13.1 Å². The van der Waals surface area contributed by atoms with Crippen LogP contribution in [0.4, 0.5) is 13.2 Å². The number of aliphatic imine (C=N–C) groups is 1. The van der Waals surface area contributed by atoms with E-state index in [-0.39, 0.29) is 12.2 Å². The lowest BCUT2D eigenvalue weighted by Crippen LogP contribution is -2.49. The number of amidine groups is 1. The highest BCUT2D eigenvalue weighted by atomic mass is 19.4. The number of alkyl halides is 3. The van der Waals surface area contributed by atoms with Crippen molar-refractivity contribution in [3.8, 4) is 0 Å². The lowest BCUT2D eigenvalue weighted by Gasteiger charge is -2.32. The number of rotatable bonds is 3. The zero-order chi connectivity index (χ0) is 15.7. The van der Waals surface area contributed by atoms with Gasteiger partial charge < -0.3 is 0 Å². The third-order valence-electron chi connectivity index (χ3n) is 4.02. The van der Waals surface area contributed by atoms with E-state index in [1.807, 2.05) is 11.9 Å². The number of fused-ring (bicyclic) bond motifs is 1. The first kappa shape index (κ1) is 15.3. The van der Waals surface area contributed by atoms with Crippen LogP contribution in [0.2, 0.25) is 0 Å². The smallest absolute Gasteiger partial charge is 0.292 e. The Morgan fingerprint density at radius 2 is 2.23 bits per heavy atom. The number of nitrogens with zero attached hydrogens (tertiary/aromatic N) is 2. The van der Waals surface area contributed by atoms with Crippen molar-refractivity contribution in [2.24, 2.45) is 4.99 Å². The second-order valence-corrected chi connectivity index (χ2v) is 5.55. The molecular formula is C15H19F3N4. The summed E-state index contributed by atoms with van der Waals surface area (Å²) in [6, 6.07) is 5.59. The topological polar surface area (TPSA) is 39.7 Å². The minimum Gasteiger partial charge on any atom is -0.292 e. The summed E-state index contributed by atoms with van der Waals surface area (Å²) in [5.41, 5.74) is 3.31. The monoisotopic (exact) mass is 312 g/mol. The predicted molar refractivity (Wildman–Crippen MR) is 78.2 cm³/mol. The number of nitrogens with one attached hydrogen (secondary N) is 2. The van der Waals surface area contributed by atoms with Gasteiger partial charge in [0.05, 0.1) is 5.56 Å². The van der Waals surface area contributed by atoms with Crippen molar-refractivity contribution < 1.29 is 13.2 Å². The quantitative estimate of drug-likeness (QED) is 0.901. The maximum Gasteiger partial charge on any atom is 0.416 e. The molecule has 1 saturated heterocycles. The molecule has 2 heterocycles. The van der Waals surface area contributed by atoms with Crippen molar-refractivity contribution in [1.29, 1.82) is 0 Å². The van der Waals surface area contributed by atoms with Gasteiger partial charge in [-0.05, 0) is 31.0 Å². The van der Waals surface area contributed by atoms with Gasteiger partial charge in [-0.2, -0.15) is 18.6 Å². The van der Waals surface area contributed by atoms with Crippen LogP contribution in [0.5, 0.6) is 0 Å². The molecule has 2 unspecified atom stereocenters. The van der Waals surface area contributed by atoms with Gasteiger partial charge in [-0.25, -0.2) is 4.99 Å². The molecule has 120 valence electrons. The minimum atomic E-state index is -4.31. The molecule has 1 aromatic rings. The summed E-state index contributed by atoms with van der Waals surface area (Å²) in [4.78, 5) is 4.59. The molecule has 0 spiro atoms. The lowest BCUT2D eigenvalue weighted by molar-refractivity contribution is -0.137. The van der Waals surface area contributed by atoms with Crippen LogP contribution >= 0.6 is 0 Å². The molecule has 0 bridgehead atoms. The molecule has 2 aliphatic rings. The molecule has 7 heteroatoms. The summed E-state index contributed by atoms with van der Waals surface area (Å²) in [5, 5.41) is 5.15. The first-order valence-electron chi connectivity index (χ1n) is 7.51. The third kappa shape index (κ3) is 2.96. The Morgan fingerprint density at radius 1 is 1.41 bits per heavy atom. The summed E-state index contributed by atoms with van der Waals surface area (Å²) in [6.45, 7) is 3.59. The highest BCUT2D eigenvalue weighted by Gasteiger charge is 2.36. The fourth-order valence-corrected chi connectivity index (χ4v) is 3.02. The predicted octanol–water partition coefficient (Wildman–Crippen LogP) is 2.69. The fourth-order valence-electron chi connectivity index (χ4n) is 3.02. The molecule has 0 amide bonds. The standard InChI is InChI=1S/C15H19F3N4/c1-2-19-14-20-13-12(7-4-8-22(13)21-14)10-5-3-6-11(9-10)15(16,17)18/h3,5-6,9,12,14,19,21H,2,4,7-8H2,1H3. The number of benzene rings is 1. The van der Waals surface area contributed by atoms with Gasteiger partial charge in [0, 0.05) is 12.5 Å². The molecule has 2 atom stereocenters. The van der Waals surface area contributed by atoms with E-state index in [4.69, 9.17) is 0 Å². The van der Waals surface area contributed by atoms with Crippen molar-refractivity contribution >= 4 is 5.84 Å². The molecule has 2 N–H and O–H groups in total. The van der Waals surface area contributed by atoms with E-state index < -0.39 is 11.7 Å². The first-order valence-corrected chi connectivity index (χ1v) is 7.51. The second kappa shape index (κ2) is 5.89. The molecule has 1 aromatic carbocycles. The molecular weight excluding hydrogens is 293 g/mol. The molecule has 22 heavy (non-hydrogen) atoms. The fraction of sp³-hybridized carbons (Fsp3) is 0.533. The van der Waals surface area contributed by atoms with Crippen LogP contribution in [0.25, 0.3) is 0 Å². The van der Waals surface area contributed by atoms with E-state index in [2.05, 4.69) is 15.7 Å². The Hall–Kier alpha value is -1.60. The van der Waals surface area contributed by atoms with Crippen LogP contribution in [0.3, 0.4) is 0 Å². The summed E-state index contributed by atoms with van der Waals surface area (Å²) in [6.07, 6.45) is -2.76. The van der Waals surface area contributed by atoms with E-state index in [1.54, 1.807) is 6.07 Å². The van der Waals surface area contributed by atoms with E-state index in [9.17, 15) is 13.2 Å². The van der Waals surface area contributed by atoms with E-state index in [0.717, 1.165) is 37.8 Å². The zero-order valence-electron chi connectivity index (χ0n) is 12.3. The largest absolute Gasteiger partial charge is 0.416 e. The molecule has 0 saturated carbocycles. The summed E-state index contributed by atoms with van der Waals surface area (Å²) in [7, 11) is 0. The summed E-state index contributed by atoms with van der Waals surface area (Å²) >= 11 is 0. The van der Waals surface area contributed by atoms with Gasteiger partial charge in [0.15, 0.2) is 6.29 Å². The van der Waals surface area contributed by atoms with Gasteiger partial charge >= 0.3 is 6.18 Å². The maximum absolute atomic E-state index is 12.9. The second-order valence-electron chi connectivity index (χ2n) is 5.55. The minimum absolute atomic E-state index is 0.0905. The third-order valence-corrected chi connectivity index (χ3v) is 4.02. The molecule has 0 aliphatic carbocycles. The van der Waals surface area contributed by atoms with Crippen LogP contribution in [0, 0.1) is 0 Å². The summed E-state index contributed by atoms with van der Waals surface area (Å²) < 4.78 is 38.7. The average Bonchev–Trinajstić information content (AvgIpc) is 2.89. The highest BCUT2D eigenvalue weighted by Crippen LogP contribution is 2.35. The van der Waals surface area contributed by atoms with Gasteiger partial charge in [0.2, 0.25) is 0 Å². The average molecular weight is 312 g/mol. The Kier molecular flexibility index (Phi) is 4.10. The van der Waals surface area contributed by atoms with Crippen LogP contribution in [0.15, 0.2) is 29.3 Å². The Balaban J connectivity index is 1.89. The SMILES string of the molecule is CCNC1N=C2C(c3cccc(C(F)(F)F)c3)CCCN2N1. The van der Waals surface area contributed by atoms with Crippen molar-refractivity contribution in [3.05, 3.63) is 35.4 Å². The molecule has 0 aromatic heterocycles.